The van der Waals surface area contributed by atoms with Crippen LogP contribution in [0.2, 0.25) is 0 Å². The van der Waals surface area contributed by atoms with Gasteiger partial charge in [-0.05, 0) is 56.6 Å². The number of aliphatic hydroxyl groups is 1. The van der Waals surface area contributed by atoms with Gasteiger partial charge >= 0.3 is 6.03 Å². The van der Waals surface area contributed by atoms with Gasteiger partial charge in [-0.15, -0.1) is 0 Å². The van der Waals surface area contributed by atoms with Crippen LogP contribution in [0.1, 0.15) is 27.9 Å². The van der Waals surface area contributed by atoms with Gasteiger partial charge in [-0.25, -0.2) is 4.79 Å². The summed E-state index contributed by atoms with van der Waals surface area (Å²) < 4.78 is 10.6. The number of ketones is 4. The van der Waals surface area contributed by atoms with Crippen molar-refractivity contribution in [3.8, 4) is 17.2 Å². The van der Waals surface area contributed by atoms with E-state index in [0.717, 1.165) is 0 Å². The normalized spacial score (nSPS) is 27.6. The first-order valence-corrected chi connectivity index (χ1v) is 15.0. The van der Waals surface area contributed by atoms with Crippen LogP contribution in [-0.2, 0) is 32.1 Å². The number of nitrogens with one attached hydrogen (secondary N) is 2. The van der Waals surface area contributed by atoms with E-state index >= 15 is 0 Å². The number of likely N-dealkylation sites (N-methyl/N-ethyl adjacent to an activating group) is 1. The van der Waals surface area contributed by atoms with E-state index in [1.165, 1.54) is 19.0 Å². The third kappa shape index (κ3) is 4.88. The average molecular weight is 650 g/mol. The van der Waals surface area contributed by atoms with Crippen LogP contribution in [0.3, 0.4) is 0 Å². The molecule has 0 bridgehead atoms. The minimum absolute atomic E-state index is 0.0547. The number of phenolic OH excluding ortho intramolecular Hbond substituents is 1. The van der Waals surface area contributed by atoms with Crippen LogP contribution in [-0.4, -0.2) is 96.8 Å². The Hall–Kier alpha value is -5.02. The fourth-order valence-corrected chi connectivity index (χ4v) is 7.57. The number of amides is 3. The molecule has 248 valence electrons. The highest BCUT2D eigenvalue weighted by atomic mass is 16.7. The number of fused-ring (bicyclic) bond motifs is 4. The maximum atomic E-state index is 14.2. The summed E-state index contributed by atoms with van der Waals surface area (Å²) >= 11 is 0. The number of aromatic hydroxyl groups is 1. The molecule has 2 unspecified atom stereocenters. The van der Waals surface area contributed by atoms with Crippen LogP contribution in [0.25, 0.3) is 0 Å². The molecule has 2 fully saturated rings. The van der Waals surface area contributed by atoms with Crippen molar-refractivity contribution in [2.45, 2.75) is 31.0 Å². The first-order chi connectivity index (χ1) is 22.2. The molecule has 15 heteroatoms. The van der Waals surface area contributed by atoms with Gasteiger partial charge in [0.15, 0.2) is 46.2 Å². The van der Waals surface area contributed by atoms with E-state index in [1.54, 1.807) is 43.3 Å². The highest BCUT2D eigenvalue weighted by Gasteiger charge is 2.69. The lowest BCUT2D eigenvalue weighted by Crippen LogP contribution is -2.74. The Bertz CT molecular complexity index is 1760. The number of phenols is 1. The fourth-order valence-electron chi connectivity index (χ4n) is 7.57. The van der Waals surface area contributed by atoms with Gasteiger partial charge in [0.25, 0.3) is 0 Å². The smallest absolute Gasteiger partial charge is 0.319 e. The van der Waals surface area contributed by atoms with E-state index in [0.29, 0.717) is 28.4 Å². The van der Waals surface area contributed by atoms with Crippen LogP contribution < -0.4 is 30.7 Å². The Balaban J connectivity index is 1.32. The molecule has 0 aromatic heterocycles. The summed E-state index contributed by atoms with van der Waals surface area (Å²) in [4.78, 5) is 83.2. The fraction of sp³-hybridized carbons (Fsp3) is 0.438. The lowest BCUT2D eigenvalue weighted by molar-refractivity contribution is -0.181. The van der Waals surface area contributed by atoms with Crippen LogP contribution in [0.15, 0.2) is 24.3 Å². The van der Waals surface area contributed by atoms with E-state index in [1.807, 2.05) is 0 Å². The first kappa shape index (κ1) is 31.9. The number of benzene rings is 2. The van der Waals surface area contributed by atoms with Crippen molar-refractivity contribution in [1.82, 2.24) is 10.2 Å². The van der Waals surface area contributed by atoms with E-state index < -0.39 is 76.1 Å². The number of ether oxygens (including phenoxy) is 2. The Kier molecular flexibility index (Phi) is 7.71. The largest absolute Gasteiger partial charge is 0.507 e. The number of rotatable bonds is 6. The number of nitrogens with zero attached hydrogens (tertiary/aromatic N) is 2. The highest BCUT2D eigenvalue weighted by Crippen LogP contribution is 2.52. The maximum absolute atomic E-state index is 14.2. The monoisotopic (exact) mass is 649 g/mol. The van der Waals surface area contributed by atoms with E-state index in [4.69, 9.17) is 15.2 Å². The predicted molar refractivity (Wildman–Crippen MR) is 164 cm³/mol. The number of hydrogen-bond acceptors (Lipinski definition) is 12. The number of carbonyl (C=O) groups excluding carboxylic acids is 6. The van der Waals surface area contributed by atoms with E-state index in [9.17, 15) is 39.0 Å². The molecular formula is C32H35N5O10. The van der Waals surface area contributed by atoms with Crippen molar-refractivity contribution < 1.29 is 48.5 Å². The van der Waals surface area contributed by atoms with Gasteiger partial charge in [-0.3, -0.25) is 28.9 Å². The SMILES string of the molecule is CN(C)c1cc(CNC(=O)Nc2ccc3c(c2)OCO3)c(O)c2c1C[C@H]1C[C@H]3[C@H](N(C)C)C(=O)C(C(N)=O)C(=O)[C@@]3(O)C(=O)C1C2=O. The summed E-state index contributed by atoms with van der Waals surface area (Å²) in [5.74, 6) is -10.3. The number of Topliss-reactive ketones (excluding diaryl/α,β-unsaturated/α-hetero) is 4. The summed E-state index contributed by atoms with van der Waals surface area (Å²) in [5, 5.41) is 28.5. The average Bonchev–Trinajstić information content (AvgIpc) is 3.46. The zero-order valence-corrected chi connectivity index (χ0v) is 26.2. The number of urea groups is 1. The lowest BCUT2D eigenvalue weighted by Gasteiger charge is -2.52. The van der Waals surface area contributed by atoms with Crippen molar-refractivity contribution in [1.29, 1.82) is 0 Å². The van der Waals surface area contributed by atoms with Gasteiger partial charge in [0.1, 0.15) is 5.75 Å². The summed E-state index contributed by atoms with van der Waals surface area (Å²) in [6.45, 7) is -0.133. The van der Waals surface area contributed by atoms with Gasteiger partial charge in [0.05, 0.1) is 17.5 Å². The Morgan fingerprint density at radius 1 is 1.04 bits per heavy atom. The van der Waals surface area contributed by atoms with Crippen molar-refractivity contribution >= 4 is 46.4 Å². The quantitative estimate of drug-likeness (QED) is 0.261. The molecule has 47 heavy (non-hydrogen) atoms. The summed E-state index contributed by atoms with van der Waals surface area (Å²) in [7, 11) is 6.54. The molecule has 3 aliphatic carbocycles. The van der Waals surface area contributed by atoms with Gasteiger partial charge in [-0.1, -0.05) is 0 Å². The molecule has 6 rings (SSSR count). The third-order valence-corrected chi connectivity index (χ3v) is 9.67. The topological polar surface area (TPSA) is 218 Å². The van der Waals surface area contributed by atoms with Crippen molar-refractivity contribution in [3.63, 3.8) is 0 Å². The molecule has 0 spiro atoms. The molecule has 2 aromatic rings. The van der Waals surface area contributed by atoms with Crippen LogP contribution >= 0.6 is 0 Å². The Morgan fingerprint density at radius 3 is 2.40 bits per heavy atom. The van der Waals surface area contributed by atoms with Crippen LogP contribution in [0.4, 0.5) is 16.2 Å². The predicted octanol–water partition coefficient (Wildman–Crippen LogP) is -0.0166. The summed E-state index contributed by atoms with van der Waals surface area (Å²) in [6, 6.07) is 4.71. The van der Waals surface area contributed by atoms with Gasteiger partial charge < -0.3 is 41.0 Å². The second-order valence-corrected chi connectivity index (χ2v) is 12.8. The molecule has 2 saturated carbocycles. The van der Waals surface area contributed by atoms with Gasteiger partial charge in [0.2, 0.25) is 12.7 Å². The lowest BCUT2D eigenvalue weighted by atomic mass is 9.52. The molecule has 2 aromatic carbocycles. The molecule has 0 saturated heterocycles. The standard InChI is InChI=1S/C32H35N5O10/c1-36(2)18-9-14(11-34-31(44)35-15-5-6-19-20(10-15)47-12-46-19)25(38)22-16(18)7-13-8-17-24(37(3)4)27(40)23(30(33)43)29(42)32(17,45)28(41)21(13)26(22)39/h5-6,9-10,13,17,21,23-24,38,45H,7-8,11-12H2,1-4H3,(H2,33,43)(H2,34,35,44)/t13-,17-,21?,23?,24-,32-/m0/s1. The molecule has 0 radical (unpaired) electrons. The number of anilines is 2. The molecular weight excluding hydrogens is 614 g/mol. The summed E-state index contributed by atoms with van der Waals surface area (Å²) in [6.07, 6.45) is 0.0616. The third-order valence-electron chi connectivity index (χ3n) is 9.67. The summed E-state index contributed by atoms with van der Waals surface area (Å²) in [5.41, 5.74) is 4.03. The van der Waals surface area contributed by atoms with Crippen LogP contribution in [0, 0.1) is 23.7 Å². The minimum Gasteiger partial charge on any atom is -0.507 e. The second-order valence-electron chi connectivity index (χ2n) is 12.8. The molecule has 15 nitrogen and oxygen atoms in total. The van der Waals surface area contributed by atoms with E-state index in [2.05, 4.69) is 10.6 Å². The molecule has 3 amide bonds. The maximum Gasteiger partial charge on any atom is 0.319 e. The van der Waals surface area contributed by atoms with E-state index in [-0.39, 0.29) is 37.3 Å². The number of hydrogen-bond donors (Lipinski definition) is 5. The van der Waals surface area contributed by atoms with Crippen molar-refractivity contribution in [2.75, 3.05) is 45.2 Å². The first-order valence-electron chi connectivity index (χ1n) is 15.0. The number of primary amides is 1. The van der Waals surface area contributed by atoms with Crippen molar-refractivity contribution in [3.05, 3.63) is 41.0 Å². The molecule has 1 aliphatic heterocycles. The van der Waals surface area contributed by atoms with Gasteiger partial charge in [0, 0.05) is 49.6 Å². The Labute approximate surface area is 269 Å². The van der Waals surface area contributed by atoms with Crippen LogP contribution in [0.5, 0.6) is 17.2 Å². The Morgan fingerprint density at radius 2 is 1.74 bits per heavy atom. The molecule has 6 atom stereocenters. The highest BCUT2D eigenvalue weighted by molar-refractivity contribution is 6.32. The van der Waals surface area contributed by atoms with Crippen molar-refractivity contribution in [2.24, 2.45) is 29.4 Å². The molecule has 6 N–H and O–H groups in total. The molecule has 4 aliphatic rings. The second kappa shape index (κ2) is 11.3. The minimum atomic E-state index is -2.82. The zero-order chi connectivity index (χ0) is 34.1. The number of nitrogens with two attached hydrogens (primary N) is 1. The number of carbonyl (C=O) groups is 6. The molecule has 1 heterocycles. The zero-order valence-electron chi connectivity index (χ0n) is 26.2. The van der Waals surface area contributed by atoms with Gasteiger partial charge in [-0.2, -0.15) is 0 Å².